The highest BCUT2D eigenvalue weighted by atomic mass is 28.3. The average molecular weight is 939 g/mol. The van der Waals surface area contributed by atoms with Crippen molar-refractivity contribution in [3.8, 4) is 44.5 Å². The van der Waals surface area contributed by atoms with E-state index in [-0.39, 0.29) is 5.41 Å². The third-order valence-electron chi connectivity index (χ3n) is 17.9. The second-order valence-electron chi connectivity index (χ2n) is 21.6. The molecule has 5 unspecified atom stereocenters. The van der Waals surface area contributed by atoms with Crippen LogP contribution < -0.4 is 20.7 Å². The van der Waals surface area contributed by atoms with Gasteiger partial charge in [-0.15, -0.1) is 0 Å². The van der Waals surface area contributed by atoms with Crippen molar-refractivity contribution in [1.82, 2.24) is 0 Å². The Bertz CT molecular complexity index is 3700. The molecule has 0 amide bonds. The smallest absolute Gasteiger partial charge is 0.0625 e. The third-order valence-corrected chi connectivity index (χ3v) is 22.7. The number of hydrogen-bond acceptors (Lipinski definition) is 0. The van der Waals surface area contributed by atoms with Crippen LogP contribution >= 0.6 is 0 Å². The zero-order valence-electron chi connectivity index (χ0n) is 41.2. The zero-order valence-corrected chi connectivity index (χ0v) is 42.2. The number of benzene rings is 11. The van der Waals surface area contributed by atoms with Gasteiger partial charge in [0.15, 0.2) is 8.07 Å². The molecule has 11 aromatic rings. The highest BCUT2D eigenvalue weighted by Gasteiger charge is 2.57. The Morgan fingerprint density at radius 2 is 0.764 bits per heavy atom. The van der Waals surface area contributed by atoms with Crippen molar-refractivity contribution in [2.45, 2.75) is 44.9 Å². The molecule has 1 heteroatoms. The molecule has 0 aliphatic heterocycles. The second-order valence-corrected chi connectivity index (χ2v) is 25.4. The van der Waals surface area contributed by atoms with Gasteiger partial charge in [0.1, 0.15) is 0 Å². The van der Waals surface area contributed by atoms with E-state index in [0.717, 1.165) is 11.8 Å². The van der Waals surface area contributed by atoms with Crippen molar-refractivity contribution in [2.75, 3.05) is 0 Å². The summed E-state index contributed by atoms with van der Waals surface area (Å²) in [6, 6.07) is 92.8. The predicted octanol–water partition coefficient (Wildman–Crippen LogP) is 15.9. The first kappa shape index (κ1) is 43.2. The van der Waals surface area contributed by atoms with E-state index in [9.17, 15) is 0 Å². The van der Waals surface area contributed by atoms with E-state index >= 15 is 0 Å². The molecule has 2 saturated carbocycles. The van der Waals surface area contributed by atoms with Crippen LogP contribution in [-0.2, 0) is 5.41 Å². The van der Waals surface area contributed by atoms with E-state index in [0.29, 0.717) is 11.8 Å². The fraction of sp³-hybridized carbons (Fsp3) is 0.155. The maximum Gasteiger partial charge on any atom is 0.179 e. The van der Waals surface area contributed by atoms with Crippen LogP contribution in [0.1, 0.15) is 50.7 Å². The van der Waals surface area contributed by atoms with Gasteiger partial charge in [0.2, 0.25) is 0 Å². The fourth-order valence-corrected chi connectivity index (χ4v) is 20.2. The first-order chi connectivity index (χ1) is 35.5. The van der Waals surface area contributed by atoms with E-state index in [2.05, 4.69) is 257 Å². The van der Waals surface area contributed by atoms with Crippen LogP contribution in [0.15, 0.2) is 243 Å². The Morgan fingerprint density at radius 1 is 0.333 bits per heavy atom. The molecule has 5 atom stereocenters. The van der Waals surface area contributed by atoms with E-state index in [1.165, 1.54) is 123 Å². The van der Waals surface area contributed by atoms with Gasteiger partial charge < -0.3 is 0 Å². The van der Waals surface area contributed by atoms with Crippen molar-refractivity contribution < 1.29 is 0 Å². The summed E-state index contributed by atoms with van der Waals surface area (Å²) in [7, 11) is -2.69. The van der Waals surface area contributed by atoms with Crippen molar-refractivity contribution in [3.05, 3.63) is 254 Å². The van der Waals surface area contributed by atoms with E-state index < -0.39 is 8.07 Å². The van der Waals surface area contributed by atoms with Crippen molar-refractivity contribution >= 4 is 61.1 Å². The van der Waals surface area contributed by atoms with E-state index in [4.69, 9.17) is 0 Å². The largest absolute Gasteiger partial charge is 0.179 e. The Kier molecular flexibility index (Phi) is 10.2. The molecule has 14 rings (SSSR count). The summed E-state index contributed by atoms with van der Waals surface area (Å²) >= 11 is 0. The molecule has 0 aromatic heterocycles. The van der Waals surface area contributed by atoms with Gasteiger partial charge in [0.25, 0.3) is 0 Å². The monoisotopic (exact) mass is 938 g/mol. The van der Waals surface area contributed by atoms with Crippen LogP contribution in [0.2, 0.25) is 0 Å². The minimum Gasteiger partial charge on any atom is -0.0625 e. The number of rotatable bonds is 7. The summed E-state index contributed by atoms with van der Waals surface area (Å²) in [5, 5.41) is 13.3. The topological polar surface area (TPSA) is 0 Å². The van der Waals surface area contributed by atoms with Crippen molar-refractivity contribution in [1.29, 1.82) is 0 Å². The molecule has 0 heterocycles. The molecule has 2 fully saturated rings. The summed E-state index contributed by atoms with van der Waals surface area (Å²) in [4.78, 5) is 0. The van der Waals surface area contributed by atoms with Crippen LogP contribution in [0, 0.1) is 23.7 Å². The Morgan fingerprint density at radius 3 is 1.36 bits per heavy atom. The van der Waals surface area contributed by atoms with E-state index in [1.54, 1.807) is 11.1 Å². The van der Waals surface area contributed by atoms with Crippen LogP contribution in [0.4, 0.5) is 0 Å². The lowest BCUT2D eigenvalue weighted by molar-refractivity contribution is 0.0429. The first-order valence-corrected chi connectivity index (χ1v) is 28.5. The van der Waals surface area contributed by atoms with Crippen LogP contribution in [0.25, 0.3) is 76.8 Å². The quantitative estimate of drug-likeness (QED) is 0.0849. The maximum atomic E-state index is 2.60. The van der Waals surface area contributed by atoms with Gasteiger partial charge in [-0.25, -0.2) is 0 Å². The SMILES string of the molecule is CC1CC2CC(C)C3(c4ccccc4-c4cccc(-c5cccc6c(-c7c8ccccc8c(-c8ccc([Si](c9ccccc9)(c9ccccc9)c9ccccc9)cc8)c8ccccc78)cccc56)c43)C(C1)C2. The molecule has 0 saturated heterocycles. The molecule has 346 valence electrons. The zero-order chi connectivity index (χ0) is 48.0. The molecule has 0 radical (unpaired) electrons. The summed E-state index contributed by atoms with van der Waals surface area (Å²) in [5.74, 6) is 2.80. The maximum absolute atomic E-state index is 2.69. The minimum atomic E-state index is -2.69. The van der Waals surface area contributed by atoms with Crippen LogP contribution in [0.5, 0.6) is 0 Å². The molecule has 0 N–H and O–H groups in total. The lowest BCUT2D eigenvalue weighted by Crippen LogP contribution is -2.74. The molecule has 11 aromatic carbocycles. The summed E-state index contributed by atoms with van der Waals surface area (Å²) < 4.78 is 0. The first-order valence-electron chi connectivity index (χ1n) is 26.5. The second kappa shape index (κ2) is 17.0. The average Bonchev–Trinajstić information content (AvgIpc) is 3.74. The summed E-state index contributed by atoms with van der Waals surface area (Å²) in [6.07, 6.45) is 5.34. The van der Waals surface area contributed by atoms with Crippen LogP contribution in [-0.4, -0.2) is 8.07 Å². The van der Waals surface area contributed by atoms with Gasteiger partial charge in [0, 0.05) is 5.41 Å². The highest BCUT2D eigenvalue weighted by molar-refractivity contribution is 7.19. The molecule has 2 bridgehead atoms. The van der Waals surface area contributed by atoms with Gasteiger partial charge >= 0.3 is 0 Å². The van der Waals surface area contributed by atoms with Gasteiger partial charge in [-0.05, 0) is 158 Å². The molecule has 3 aliphatic rings. The standard InChI is InChI=1S/C71H58Si/c1-47-43-49-45-48(2)71(51(44-47)46-49)67-38-17-16-27-59(67)66-37-20-36-65(70(66)71)58-34-18-33-57-56(58)32-19-35-60(57)69-63-30-14-12-28-61(63)68(62-29-13-15-31-64(62)69)50-39-41-55(42-40-50)72(52-21-6-3-7-22-52,53-23-8-4-9-24-53)54-25-10-5-11-26-54/h3-42,47-49,51H,43-46H2,1-2H3. The number of fused-ring (bicyclic) bond motifs is 11. The van der Waals surface area contributed by atoms with Gasteiger partial charge in [-0.2, -0.15) is 0 Å². The molecule has 1 spiro atoms. The predicted molar refractivity (Wildman–Crippen MR) is 309 cm³/mol. The molecule has 72 heavy (non-hydrogen) atoms. The Hall–Kier alpha value is -7.58. The molecular formula is C71H58Si. The third kappa shape index (κ3) is 6.29. The van der Waals surface area contributed by atoms with Crippen molar-refractivity contribution in [2.24, 2.45) is 23.7 Å². The van der Waals surface area contributed by atoms with Crippen LogP contribution in [0.3, 0.4) is 0 Å². The summed E-state index contributed by atoms with van der Waals surface area (Å²) in [5.41, 5.74) is 14.0. The van der Waals surface area contributed by atoms with E-state index in [1.807, 2.05) is 0 Å². The molecular weight excluding hydrogens is 881 g/mol. The molecule has 3 aliphatic carbocycles. The molecule has 0 nitrogen and oxygen atoms in total. The highest BCUT2D eigenvalue weighted by Crippen LogP contribution is 2.66. The number of hydrogen-bond donors (Lipinski definition) is 0. The Balaban J connectivity index is 0.955. The normalized spacial score (nSPS) is 20.2. The van der Waals surface area contributed by atoms with Gasteiger partial charge in [-0.3, -0.25) is 0 Å². The van der Waals surface area contributed by atoms with Crippen molar-refractivity contribution in [3.63, 3.8) is 0 Å². The van der Waals surface area contributed by atoms with Gasteiger partial charge in [-0.1, -0.05) is 257 Å². The fourth-order valence-electron chi connectivity index (χ4n) is 15.4. The van der Waals surface area contributed by atoms with Gasteiger partial charge in [0.05, 0.1) is 0 Å². The summed E-state index contributed by atoms with van der Waals surface area (Å²) in [6.45, 7) is 5.12. The minimum absolute atomic E-state index is 0.00222. The lowest BCUT2D eigenvalue weighted by Gasteiger charge is -2.55. The Labute approximate surface area is 425 Å². The lowest BCUT2D eigenvalue weighted by atomic mass is 9.49.